The van der Waals surface area contributed by atoms with Crippen molar-refractivity contribution in [2.75, 3.05) is 25.5 Å². The number of halogens is 5. The number of amides is 1. The van der Waals surface area contributed by atoms with Gasteiger partial charge in [0.2, 0.25) is 17.4 Å². The first-order valence-corrected chi connectivity index (χ1v) is 11.8. The number of hydrogen-bond acceptors (Lipinski definition) is 7. The standard InChI is InChI=1S/C26H17F5N6O2/c1-33-25-17-21(12-3-2-11(6-13(12)27)39-23-19(30)14(28)7-15(29)20(23)31)36-24-18(22(17)34-10-35-25)26(24)4-5-37(9-26)16(38)8-32/h2-3,6-7,10,18,24H,4-5,9H2,1H3,(H,33,34,35). The zero-order valence-corrected chi connectivity index (χ0v) is 20.1. The summed E-state index contributed by atoms with van der Waals surface area (Å²) in [6, 6.07) is 4.61. The molecule has 1 aromatic heterocycles. The summed E-state index contributed by atoms with van der Waals surface area (Å²) in [7, 11) is 1.63. The van der Waals surface area contributed by atoms with Crippen LogP contribution in [0.4, 0.5) is 27.8 Å². The maximum Gasteiger partial charge on any atom is 0.324 e. The van der Waals surface area contributed by atoms with Gasteiger partial charge in [0, 0.05) is 49.2 Å². The van der Waals surface area contributed by atoms with Crippen molar-refractivity contribution in [3.05, 3.63) is 76.5 Å². The lowest BCUT2D eigenvalue weighted by molar-refractivity contribution is -0.124. The van der Waals surface area contributed by atoms with Crippen LogP contribution in [0.5, 0.6) is 11.5 Å². The van der Waals surface area contributed by atoms with Gasteiger partial charge in [0.15, 0.2) is 17.7 Å². The Morgan fingerprint density at radius 3 is 2.54 bits per heavy atom. The van der Waals surface area contributed by atoms with Gasteiger partial charge in [0.1, 0.15) is 23.7 Å². The summed E-state index contributed by atoms with van der Waals surface area (Å²) in [5.41, 5.74) is 0.842. The van der Waals surface area contributed by atoms with Gasteiger partial charge in [0.25, 0.3) is 0 Å². The van der Waals surface area contributed by atoms with Gasteiger partial charge < -0.3 is 15.0 Å². The Hall–Kier alpha value is -4.60. The Bertz CT molecular complexity index is 1610. The van der Waals surface area contributed by atoms with Crippen LogP contribution in [-0.4, -0.2) is 52.7 Å². The molecule has 1 N–H and O–H groups in total. The zero-order valence-electron chi connectivity index (χ0n) is 20.1. The highest BCUT2D eigenvalue weighted by molar-refractivity contribution is 6.17. The Morgan fingerprint density at radius 1 is 1.13 bits per heavy atom. The van der Waals surface area contributed by atoms with E-state index in [0.717, 1.165) is 6.07 Å². The van der Waals surface area contributed by atoms with Crippen LogP contribution in [-0.2, 0) is 4.79 Å². The minimum atomic E-state index is -1.76. The van der Waals surface area contributed by atoms with E-state index in [-0.39, 0.29) is 29.3 Å². The maximum atomic E-state index is 15.5. The molecule has 3 heterocycles. The molecule has 39 heavy (non-hydrogen) atoms. The van der Waals surface area contributed by atoms with Gasteiger partial charge in [-0.2, -0.15) is 14.0 Å². The molecule has 3 aliphatic rings. The first-order chi connectivity index (χ1) is 18.7. The van der Waals surface area contributed by atoms with E-state index in [1.54, 1.807) is 13.1 Å². The average Bonchev–Trinajstić information content (AvgIpc) is 3.32. The number of hydrogen-bond donors (Lipinski definition) is 1. The number of fused-ring (bicyclic) bond motifs is 5. The molecule has 198 valence electrons. The van der Waals surface area contributed by atoms with E-state index < -0.39 is 51.9 Å². The van der Waals surface area contributed by atoms with Crippen LogP contribution in [0.25, 0.3) is 0 Å². The highest BCUT2D eigenvalue weighted by Crippen LogP contribution is 2.67. The molecule has 3 unspecified atom stereocenters. The number of aliphatic imine (C=N–C) groups is 1. The number of benzene rings is 2. The predicted molar refractivity (Wildman–Crippen MR) is 126 cm³/mol. The molecule has 2 fully saturated rings. The minimum absolute atomic E-state index is 0.00437. The minimum Gasteiger partial charge on any atom is -0.451 e. The van der Waals surface area contributed by atoms with Crippen molar-refractivity contribution < 1.29 is 31.5 Å². The molecule has 0 bridgehead atoms. The number of anilines is 1. The van der Waals surface area contributed by atoms with Crippen molar-refractivity contribution in [2.24, 2.45) is 10.4 Å². The van der Waals surface area contributed by atoms with E-state index in [1.807, 2.05) is 0 Å². The van der Waals surface area contributed by atoms with E-state index in [2.05, 4.69) is 15.3 Å². The lowest BCUT2D eigenvalue weighted by Gasteiger charge is -2.19. The molecule has 6 rings (SSSR count). The second-order valence-electron chi connectivity index (χ2n) is 9.50. The molecule has 3 aromatic rings. The second-order valence-corrected chi connectivity index (χ2v) is 9.50. The fourth-order valence-electron chi connectivity index (χ4n) is 5.67. The molecular formula is C26H17F5N6O2. The van der Waals surface area contributed by atoms with Crippen LogP contribution in [0.1, 0.15) is 29.2 Å². The van der Waals surface area contributed by atoms with Gasteiger partial charge in [-0.25, -0.2) is 23.1 Å². The number of rotatable bonds is 4. The molecule has 2 aromatic carbocycles. The topological polar surface area (TPSA) is 104 Å². The summed E-state index contributed by atoms with van der Waals surface area (Å²) < 4.78 is 75.7. The van der Waals surface area contributed by atoms with Gasteiger partial charge in [-0.05, 0) is 18.6 Å². The molecule has 1 saturated carbocycles. The first kappa shape index (κ1) is 24.7. The highest BCUT2D eigenvalue weighted by Gasteiger charge is 2.70. The summed E-state index contributed by atoms with van der Waals surface area (Å²) in [4.78, 5) is 27.0. The van der Waals surface area contributed by atoms with Crippen molar-refractivity contribution in [3.8, 4) is 17.6 Å². The Morgan fingerprint density at radius 2 is 1.87 bits per heavy atom. The quantitative estimate of drug-likeness (QED) is 0.304. The van der Waals surface area contributed by atoms with Crippen molar-refractivity contribution in [1.82, 2.24) is 14.9 Å². The number of ether oxygens (including phenoxy) is 1. The van der Waals surface area contributed by atoms with Crippen LogP contribution >= 0.6 is 0 Å². The smallest absolute Gasteiger partial charge is 0.324 e. The SMILES string of the molecule is CNc1ncnc2c1C(c1ccc(Oc3c(F)c(F)cc(F)c3F)cc1F)=NC1C2C12CCN(C(=O)C#N)C2. The number of nitrogens with zero attached hydrogens (tertiary/aromatic N) is 5. The van der Waals surface area contributed by atoms with Gasteiger partial charge in [-0.1, -0.05) is 0 Å². The fraction of sp³-hybridized carbons (Fsp3) is 0.269. The first-order valence-electron chi connectivity index (χ1n) is 11.8. The third-order valence-corrected chi connectivity index (χ3v) is 7.53. The fourth-order valence-corrected chi connectivity index (χ4v) is 5.67. The largest absolute Gasteiger partial charge is 0.451 e. The lowest BCUT2D eigenvalue weighted by Crippen LogP contribution is -2.28. The third kappa shape index (κ3) is 3.62. The van der Waals surface area contributed by atoms with E-state index in [9.17, 15) is 22.4 Å². The zero-order chi connectivity index (χ0) is 27.6. The maximum absolute atomic E-state index is 15.5. The van der Waals surface area contributed by atoms with Crippen LogP contribution in [0, 0.1) is 45.8 Å². The average molecular weight is 540 g/mol. The van der Waals surface area contributed by atoms with Gasteiger partial charge in [-0.15, -0.1) is 0 Å². The number of aromatic nitrogens is 2. The molecule has 1 aliphatic carbocycles. The molecule has 1 saturated heterocycles. The summed E-state index contributed by atoms with van der Waals surface area (Å²) in [5, 5.41) is 12.0. The second kappa shape index (κ2) is 8.72. The molecular weight excluding hydrogens is 523 g/mol. The van der Waals surface area contributed by atoms with E-state index >= 15 is 4.39 Å². The molecule has 1 spiro atoms. The van der Waals surface area contributed by atoms with E-state index in [4.69, 9.17) is 15.0 Å². The van der Waals surface area contributed by atoms with Crippen molar-refractivity contribution in [1.29, 1.82) is 5.26 Å². The van der Waals surface area contributed by atoms with Crippen molar-refractivity contribution in [2.45, 2.75) is 18.4 Å². The Balaban J connectivity index is 1.40. The Labute approximate surface area is 217 Å². The van der Waals surface area contributed by atoms with Gasteiger partial charge in [-0.3, -0.25) is 9.79 Å². The predicted octanol–water partition coefficient (Wildman–Crippen LogP) is 4.07. The van der Waals surface area contributed by atoms with Crippen molar-refractivity contribution in [3.63, 3.8) is 0 Å². The summed E-state index contributed by atoms with van der Waals surface area (Å²) in [6.07, 6.45) is 1.96. The number of nitrogens with one attached hydrogen (secondary N) is 1. The summed E-state index contributed by atoms with van der Waals surface area (Å²) in [6.45, 7) is 0.693. The summed E-state index contributed by atoms with van der Waals surface area (Å²) >= 11 is 0. The number of carbonyl (C=O) groups is 1. The lowest BCUT2D eigenvalue weighted by atomic mass is 9.94. The molecule has 1 amide bonds. The van der Waals surface area contributed by atoms with Gasteiger partial charge >= 0.3 is 5.91 Å². The number of carbonyl (C=O) groups excluding carboxylic acids is 1. The van der Waals surface area contributed by atoms with E-state index in [0.29, 0.717) is 36.6 Å². The normalized spacial score (nSPS) is 22.6. The molecule has 8 nitrogen and oxygen atoms in total. The van der Waals surface area contributed by atoms with Crippen LogP contribution in [0.3, 0.4) is 0 Å². The summed E-state index contributed by atoms with van der Waals surface area (Å²) in [5.74, 6) is -9.89. The molecule has 3 atom stereocenters. The van der Waals surface area contributed by atoms with Gasteiger partial charge in [0.05, 0.1) is 23.0 Å². The Kier molecular flexibility index (Phi) is 5.53. The van der Waals surface area contributed by atoms with Crippen molar-refractivity contribution >= 4 is 17.4 Å². The molecule has 13 heteroatoms. The van der Waals surface area contributed by atoms with Crippen LogP contribution < -0.4 is 10.1 Å². The number of likely N-dealkylation sites (tertiary alicyclic amines) is 1. The van der Waals surface area contributed by atoms with Crippen LogP contribution in [0.15, 0.2) is 35.6 Å². The monoisotopic (exact) mass is 540 g/mol. The third-order valence-electron chi connectivity index (χ3n) is 7.53. The van der Waals surface area contributed by atoms with Crippen LogP contribution in [0.2, 0.25) is 0 Å². The molecule has 0 radical (unpaired) electrons. The number of nitriles is 1. The highest BCUT2D eigenvalue weighted by atomic mass is 19.2. The van der Waals surface area contributed by atoms with E-state index in [1.165, 1.54) is 23.4 Å². The molecule has 2 aliphatic heterocycles.